The molecule has 3 rings (SSSR count). The van der Waals surface area contributed by atoms with Crippen molar-refractivity contribution in [3.63, 3.8) is 0 Å². The van der Waals surface area contributed by atoms with E-state index in [9.17, 15) is 24.3 Å². The molecule has 1 aromatic rings. The molecule has 2 saturated heterocycles. The number of rotatable bonds is 9. The van der Waals surface area contributed by atoms with Gasteiger partial charge in [-0.15, -0.1) is 0 Å². The standard InChI is InChI=1S/C26H38N4O5/c1-4-17(2)23(33)29-14-8-12-20(29)24(34)30-15-9-13-26(30,16-19-10-6-5-7-11-19)25(35)28-21(18(3)31)22(27)32/h5-7,10-11,17-18,20-21,31H,4,8-9,12-16H2,1-3H3,(H2,27,32)(H,28,35)/t17-,18+,20-,21-,26?/m0/s1. The van der Waals surface area contributed by atoms with E-state index in [-0.39, 0.29) is 24.2 Å². The number of nitrogens with zero attached hydrogens (tertiary/aromatic N) is 2. The van der Waals surface area contributed by atoms with E-state index in [2.05, 4.69) is 5.32 Å². The van der Waals surface area contributed by atoms with Crippen LogP contribution in [0, 0.1) is 5.92 Å². The molecule has 1 aromatic carbocycles. The predicted octanol–water partition coefficient (Wildman–Crippen LogP) is 0.978. The van der Waals surface area contributed by atoms with Crippen molar-refractivity contribution in [1.29, 1.82) is 0 Å². The number of nitrogens with two attached hydrogens (primary N) is 1. The fourth-order valence-corrected chi connectivity index (χ4v) is 5.26. The monoisotopic (exact) mass is 486 g/mol. The van der Waals surface area contributed by atoms with Gasteiger partial charge in [-0.1, -0.05) is 44.2 Å². The van der Waals surface area contributed by atoms with Crippen LogP contribution in [0.15, 0.2) is 30.3 Å². The Hall–Kier alpha value is -2.94. The van der Waals surface area contributed by atoms with Gasteiger partial charge in [0.1, 0.15) is 17.6 Å². The van der Waals surface area contributed by atoms with Crippen LogP contribution >= 0.6 is 0 Å². The second kappa shape index (κ2) is 11.2. The van der Waals surface area contributed by atoms with Gasteiger partial charge in [-0.05, 0) is 44.6 Å². The highest BCUT2D eigenvalue weighted by Crippen LogP contribution is 2.36. The fraction of sp³-hybridized carbons (Fsp3) is 0.615. The summed E-state index contributed by atoms with van der Waals surface area (Å²) in [5, 5.41) is 12.6. The number of carbonyl (C=O) groups excluding carboxylic acids is 4. The molecule has 0 radical (unpaired) electrons. The summed E-state index contributed by atoms with van der Waals surface area (Å²) in [4.78, 5) is 55.9. The summed E-state index contributed by atoms with van der Waals surface area (Å²) >= 11 is 0. The first-order chi connectivity index (χ1) is 16.6. The van der Waals surface area contributed by atoms with Crippen LogP contribution in [0.3, 0.4) is 0 Å². The SMILES string of the molecule is CC[C@H](C)C(=O)N1CCC[C@H]1C(=O)N1CCCC1(Cc1ccccc1)C(=O)N[C@H](C(N)=O)[C@@H](C)O. The lowest BCUT2D eigenvalue weighted by Gasteiger charge is -2.41. The Morgan fingerprint density at radius 3 is 2.43 bits per heavy atom. The first-order valence-electron chi connectivity index (χ1n) is 12.6. The molecule has 0 saturated carbocycles. The molecule has 0 bridgehead atoms. The van der Waals surface area contributed by atoms with Gasteiger partial charge in [-0.3, -0.25) is 19.2 Å². The minimum Gasteiger partial charge on any atom is -0.391 e. The van der Waals surface area contributed by atoms with Crippen molar-refractivity contribution in [2.24, 2.45) is 11.7 Å². The van der Waals surface area contributed by atoms with Gasteiger partial charge in [-0.25, -0.2) is 0 Å². The maximum absolute atomic E-state index is 13.9. The third-order valence-electron chi connectivity index (χ3n) is 7.45. The van der Waals surface area contributed by atoms with Gasteiger partial charge in [0.05, 0.1) is 6.10 Å². The average molecular weight is 487 g/mol. The molecule has 2 aliphatic rings. The largest absolute Gasteiger partial charge is 0.391 e. The molecule has 2 fully saturated rings. The van der Waals surface area contributed by atoms with Crippen LogP contribution in [0.4, 0.5) is 0 Å². The highest BCUT2D eigenvalue weighted by atomic mass is 16.3. The van der Waals surface area contributed by atoms with Gasteiger partial charge in [0.2, 0.25) is 23.6 Å². The summed E-state index contributed by atoms with van der Waals surface area (Å²) in [5.74, 6) is -1.82. The van der Waals surface area contributed by atoms with Gasteiger partial charge < -0.3 is 26.0 Å². The van der Waals surface area contributed by atoms with Crippen molar-refractivity contribution in [2.75, 3.05) is 13.1 Å². The highest BCUT2D eigenvalue weighted by Gasteiger charge is 2.53. The van der Waals surface area contributed by atoms with E-state index in [0.717, 1.165) is 12.0 Å². The molecule has 0 spiro atoms. The van der Waals surface area contributed by atoms with Crippen molar-refractivity contribution in [2.45, 2.75) is 83.0 Å². The number of carbonyl (C=O) groups is 4. The number of hydrogen-bond acceptors (Lipinski definition) is 5. The first kappa shape index (κ1) is 26.7. The van der Waals surface area contributed by atoms with Crippen molar-refractivity contribution in [1.82, 2.24) is 15.1 Å². The van der Waals surface area contributed by atoms with Crippen LogP contribution in [-0.4, -0.2) is 75.4 Å². The molecule has 9 heteroatoms. The molecular formula is C26H38N4O5. The molecule has 1 unspecified atom stereocenters. The third-order valence-corrected chi connectivity index (χ3v) is 7.45. The summed E-state index contributed by atoms with van der Waals surface area (Å²) in [6.07, 6.45) is 2.05. The van der Waals surface area contributed by atoms with E-state index in [1.165, 1.54) is 6.92 Å². The maximum atomic E-state index is 13.9. The number of aliphatic hydroxyl groups excluding tert-OH is 1. The van der Waals surface area contributed by atoms with Gasteiger partial charge in [0, 0.05) is 25.4 Å². The topological polar surface area (TPSA) is 133 Å². The Morgan fingerprint density at radius 2 is 1.83 bits per heavy atom. The number of benzene rings is 1. The van der Waals surface area contributed by atoms with Crippen LogP contribution in [-0.2, 0) is 25.6 Å². The highest BCUT2D eigenvalue weighted by molar-refractivity contribution is 5.97. The maximum Gasteiger partial charge on any atom is 0.247 e. The van der Waals surface area contributed by atoms with Crippen molar-refractivity contribution in [3.05, 3.63) is 35.9 Å². The zero-order valence-corrected chi connectivity index (χ0v) is 20.9. The Kier molecular flexibility index (Phi) is 8.53. The van der Waals surface area contributed by atoms with E-state index in [1.54, 1.807) is 9.80 Å². The van der Waals surface area contributed by atoms with Gasteiger partial charge >= 0.3 is 0 Å². The average Bonchev–Trinajstić information content (AvgIpc) is 3.49. The molecule has 0 aromatic heterocycles. The second-order valence-electron chi connectivity index (χ2n) is 9.88. The molecule has 2 heterocycles. The molecule has 0 aliphatic carbocycles. The molecular weight excluding hydrogens is 448 g/mol. The normalized spacial score (nSPS) is 24.6. The summed E-state index contributed by atoms with van der Waals surface area (Å²) in [6, 6.07) is 7.52. The van der Waals surface area contributed by atoms with E-state index in [1.807, 2.05) is 44.2 Å². The Labute approximate surface area is 207 Å². The molecule has 4 amide bonds. The van der Waals surface area contributed by atoms with Gasteiger partial charge in [0.15, 0.2) is 0 Å². The lowest BCUT2D eigenvalue weighted by Crippen LogP contribution is -2.65. The zero-order chi connectivity index (χ0) is 25.8. The molecule has 192 valence electrons. The van der Waals surface area contributed by atoms with Crippen LogP contribution in [0.2, 0.25) is 0 Å². The van der Waals surface area contributed by atoms with E-state index < -0.39 is 35.5 Å². The fourth-order valence-electron chi connectivity index (χ4n) is 5.26. The predicted molar refractivity (Wildman–Crippen MR) is 131 cm³/mol. The van der Waals surface area contributed by atoms with Gasteiger partial charge in [0.25, 0.3) is 0 Å². The summed E-state index contributed by atoms with van der Waals surface area (Å²) in [7, 11) is 0. The number of likely N-dealkylation sites (tertiary alicyclic amines) is 2. The van der Waals surface area contributed by atoms with Crippen molar-refractivity contribution >= 4 is 23.6 Å². The number of nitrogens with one attached hydrogen (secondary N) is 1. The second-order valence-corrected chi connectivity index (χ2v) is 9.88. The Balaban J connectivity index is 1.96. The Bertz CT molecular complexity index is 937. The van der Waals surface area contributed by atoms with Crippen LogP contribution in [0.1, 0.15) is 58.4 Å². The van der Waals surface area contributed by atoms with Crippen LogP contribution < -0.4 is 11.1 Å². The van der Waals surface area contributed by atoms with Crippen molar-refractivity contribution < 1.29 is 24.3 Å². The van der Waals surface area contributed by atoms with E-state index in [0.29, 0.717) is 38.8 Å². The first-order valence-corrected chi connectivity index (χ1v) is 12.6. The van der Waals surface area contributed by atoms with Crippen LogP contribution in [0.25, 0.3) is 0 Å². The molecule has 2 aliphatic heterocycles. The lowest BCUT2D eigenvalue weighted by molar-refractivity contribution is -0.153. The number of amides is 4. The van der Waals surface area contributed by atoms with Crippen LogP contribution in [0.5, 0.6) is 0 Å². The van der Waals surface area contributed by atoms with Gasteiger partial charge in [-0.2, -0.15) is 0 Å². The van der Waals surface area contributed by atoms with E-state index >= 15 is 0 Å². The minimum atomic E-state index is -1.28. The Morgan fingerprint density at radius 1 is 1.14 bits per heavy atom. The lowest BCUT2D eigenvalue weighted by atomic mass is 9.86. The third kappa shape index (κ3) is 5.50. The van der Waals surface area contributed by atoms with Crippen molar-refractivity contribution in [3.8, 4) is 0 Å². The number of aliphatic hydroxyl groups is 1. The quantitative estimate of drug-likeness (QED) is 0.479. The zero-order valence-electron chi connectivity index (χ0n) is 20.9. The smallest absolute Gasteiger partial charge is 0.247 e. The number of primary amides is 1. The van der Waals surface area contributed by atoms with E-state index in [4.69, 9.17) is 5.73 Å². The summed E-state index contributed by atoms with van der Waals surface area (Å²) < 4.78 is 0. The minimum absolute atomic E-state index is 0.0384. The molecule has 35 heavy (non-hydrogen) atoms. The number of hydrogen-bond donors (Lipinski definition) is 3. The molecule has 5 atom stereocenters. The molecule has 9 nitrogen and oxygen atoms in total. The summed E-state index contributed by atoms with van der Waals surface area (Å²) in [5.41, 5.74) is 5.04. The molecule has 4 N–H and O–H groups in total. The summed E-state index contributed by atoms with van der Waals surface area (Å²) in [6.45, 7) is 6.09.